The van der Waals surface area contributed by atoms with Crippen molar-refractivity contribution in [1.82, 2.24) is 4.90 Å². The van der Waals surface area contributed by atoms with Crippen LogP contribution in [0.3, 0.4) is 0 Å². The normalized spacial score (nSPS) is 45.5. The maximum atomic E-state index is 13.4. The number of ether oxygens (including phenoxy) is 2. The molecule has 1 fully saturated rings. The lowest BCUT2D eigenvalue weighted by Crippen LogP contribution is -2.46. The summed E-state index contributed by atoms with van der Waals surface area (Å²) >= 11 is 0. The van der Waals surface area contributed by atoms with Gasteiger partial charge in [0.2, 0.25) is 0 Å². The van der Waals surface area contributed by atoms with E-state index in [-0.39, 0.29) is 5.75 Å². The SMILES string of the molecule is [2H]C([2H])([2H])Oc1cc2c(cc1OC)C([2H])([2H])C([2H])([2H])N1CC(C([2H])([2H])C([2H])(C([2H])([2H])[2H])C([2H])([2H])[2H])C(=O)CC21[2H]. The summed E-state index contributed by atoms with van der Waals surface area (Å²) in [5.74, 6) is -8.13. The maximum Gasteiger partial charge on any atom is 0.161 e. The van der Waals surface area contributed by atoms with Crippen molar-refractivity contribution >= 4 is 5.78 Å². The van der Waals surface area contributed by atoms with Gasteiger partial charge in [-0.2, -0.15) is 0 Å². The van der Waals surface area contributed by atoms with Crippen molar-refractivity contribution in [3.8, 4) is 11.5 Å². The molecule has 2 aliphatic heterocycles. The average molecular weight is 335 g/mol. The van der Waals surface area contributed by atoms with Crippen LogP contribution in [0.4, 0.5) is 0 Å². The molecule has 0 radical (unpaired) electrons. The number of piperidine rings is 1. The van der Waals surface area contributed by atoms with Gasteiger partial charge in [-0.1, -0.05) is 13.7 Å². The number of carbonyl (C=O) groups is 1. The van der Waals surface area contributed by atoms with E-state index in [1.54, 1.807) is 0 Å². The molecule has 126 valence electrons. The highest BCUT2D eigenvalue weighted by molar-refractivity contribution is 5.83. The highest BCUT2D eigenvalue weighted by Gasteiger charge is 2.38. The topological polar surface area (TPSA) is 38.8 Å². The molecule has 4 heteroatoms. The maximum absolute atomic E-state index is 13.4. The molecule has 4 nitrogen and oxygen atoms in total. The lowest BCUT2D eigenvalue weighted by atomic mass is 9.80. The monoisotopic (exact) mass is 334 g/mol. The molecule has 23 heavy (non-hydrogen) atoms. The van der Waals surface area contributed by atoms with Gasteiger partial charge in [0.05, 0.1) is 19.6 Å². The number of methoxy groups -OCH3 is 2. The summed E-state index contributed by atoms with van der Waals surface area (Å²) in [6.07, 6.45) is -7.74. The van der Waals surface area contributed by atoms with Gasteiger partial charge in [0.1, 0.15) is 5.78 Å². The van der Waals surface area contributed by atoms with Crippen molar-refractivity contribution in [2.24, 2.45) is 11.8 Å². The Kier molecular flexibility index (Phi) is 1.55. The standard InChI is InChI=1S/C19H27NO3/c1-12(2)7-14-11-20-6-5-13-8-18(22-3)19(23-4)9-15(13)16(20)10-17(14)21/h8-9,12,14,16H,5-7,10-11H2,1-4H3/i1D3,2D3,4D3,5D2,6D2,7D2,12D,16D. The summed E-state index contributed by atoms with van der Waals surface area (Å²) in [6.45, 7) is -11.9. The van der Waals surface area contributed by atoms with Crippen LogP contribution >= 0.6 is 0 Å². The van der Waals surface area contributed by atoms with Crippen molar-refractivity contribution in [1.29, 1.82) is 0 Å². The highest BCUT2D eigenvalue weighted by Crippen LogP contribution is 2.42. The van der Waals surface area contributed by atoms with E-state index < -0.39 is 93.4 Å². The zero-order valence-corrected chi connectivity index (χ0v) is 12.3. The Morgan fingerprint density at radius 3 is 3.09 bits per heavy atom. The van der Waals surface area contributed by atoms with E-state index in [0.717, 1.165) is 19.2 Å². The molecule has 2 unspecified atom stereocenters. The van der Waals surface area contributed by atoms with Gasteiger partial charge in [-0.3, -0.25) is 9.69 Å². The number of Topliss-reactive ketones (excluding diaryl/α,β-unsaturated/α-hetero) is 1. The molecule has 0 spiro atoms. The van der Waals surface area contributed by atoms with Crippen LogP contribution in [0.25, 0.3) is 0 Å². The first-order valence-electron chi connectivity index (χ1n) is 15.3. The Balaban J connectivity index is 2.28. The predicted molar refractivity (Wildman–Crippen MR) is 90.1 cm³/mol. The Bertz CT molecular complexity index is 1170. The minimum atomic E-state index is -3.86. The highest BCUT2D eigenvalue weighted by atomic mass is 16.5. The second-order valence-electron chi connectivity index (χ2n) is 5.16. The largest absolute Gasteiger partial charge is 0.493 e. The minimum absolute atomic E-state index is 0.308. The smallest absolute Gasteiger partial charge is 0.161 e. The summed E-state index contributed by atoms with van der Waals surface area (Å²) in [5.41, 5.74) is -0.878. The summed E-state index contributed by atoms with van der Waals surface area (Å²) in [7, 11) is -1.91. The average Bonchev–Trinajstić information content (AvgIpc) is 2.74. The Morgan fingerprint density at radius 2 is 2.35 bits per heavy atom. The molecule has 0 bridgehead atoms. The molecule has 3 rings (SSSR count). The molecule has 0 aromatic heterocycles. The number of nitrogens with zero attached hydrogens (tertiary/aromatic N) is 1. The zero-order chi connectivity index (χ0) is 31.3. The van der Waals surface area contributed by atoms with Crippen molar-refractivity contribution in [2.75, 3.05) is 27.2 Å². The number of aryl methyl sites for hydroxylation is 1. The van der Waals surface area contributed by atoms with E-state index in [0.29, 0.717) is 4.90 Å². The first-order valence-corrected chi connectivity index (χ1v) is 6.84. The Labute approximate surface area is 162 Å². The molecule has 0 aliphatic carbocycles. The van der Waals surface area contributed by atoms with E-state index in [1.165, 1.54) is 0 Å². The summed E-state index contributed by atoms with van der Waals surface area (Å²) in [6, 6.07) is -0.650. The molecule has 0 saturated carbocycles. The third kappa shape index (κ3) is 3.09. The van der Waals surface area contributed by atoms with Gasteiger partial charge in [-0.05, 0) is 41.9 Å². The zero-order valence-electron chi connectivity index (χ0n) is 29.3. The quantitative estimate of drug-likeness (QED) is 0.847. The van der Waals surface area contributed by atoms with Crippen LogP contribution in [0.2, 0.25) is 0 Å². The number of carbonyl (C=O) groups excluding carboxylic acids is 1. The van der Waals surface area contributed by atoms with Crippen LogP contribution in [-0.4, -0.2) is 37.9 Å². The number of hydrogen-bond donors (Lipinski definition) is 0. The Morgan fingerprint density at radius 1 is 1.52 bits per heavy atom. The van der Waals surface area contributed by atoms with E-state index in [1.807, 2.05) is 0 Å². The van der Waals surface area contributed by atoms with Gasteiger partial charge in [0.15, 0.2) is 11.5 Å². The van der Waals surface area contributed by atoms with Crippen LogP contribution < -0.4 is 9.47 Å². The van der Waals surface area contributed by atoms with Crippen molar-refractivity contribution in [2.45, 2.75) is 38.9 Å². The number of ketones is 1. The van der Waals surface area contributed by atoms with Crippen LogP contribution in [0.15, 0.2) is 12.1 Å². The lowest BCUT2D eigenvalue weighted by Gasteiger charge is -2.43. The van der Waals surface area contributed by atoms with Crippen LogP contribution in [0, 0.1) is 11.8 Å². The van der Waals surface area contributed by atoms with E-state index in [9.17, 15) is 4.79 Å². The molecular weight excluding hydrogens is 290 g/mol. The van der Waals surface area contributed by atoms with E-state index >= 15 is 0 Å². The molecule has 1 saturated heterocycles. The van der Waals surface area contributed by atoms with Crippen molar-refractivity contribution < 1.29 is 37.6 Å². The molecule has 2 aliphatic rings. The van der Waals surface area contributed by atoms with Crippen LogP contribution in [0.1, 0.15) is 66.9 Å². The fourth-order valence-corrected chi connectivity index (χ4v) is 2.70. The molecule has 1 aromatic carbocycles. The molecular formula is C19H27NO3. The fraction of sp³-hybridized carbons (Fsp3) is 0.632. The van der Waals surface area contributed by atoms with Crippen LogP contribution in [-0.2, 0) is 11.2 Å². The minimum Gasteiger partial charge on any atom is -0.493 e. The van der Waals surface area contributed by atoms with Gasteiger partial charge < -0.3 is 9.47 Å². The van der Waals surface area contributed by atoms with E-state index in [4.69, 9.17) is 32.8 Å². The molecule has 0 N–H and O–H groups in total. The second-order valence-corrected chi connectivity index (χ2v) is 5.16. The third-order valence-corrected chi connectivity index (χ3v) is 3.79. The number of rotatable bonds is 4. The van der Waals surface area contributed by atoms with Gasteiger partial charge >= 0.3 is 0 Å². The summed E-state index contributed by atoms with van der Waals surface area (Å²) < 4.78 is 147. The van der Waals surface area contributed by atoms with E-state index in [2.05, 4.69) is 0 Å². The molecule has 0 amide bonds. The molecule has 2 heterocycles. The second kappa shape index (κ2) is 6.52. The number of hydrogen-bond acceptors (Lipinski definition) is 4. The van der Waals surface area contributed by atoms with Gasteiger partial charge in [-0.25, -0.2) is 0 Å². The van der Waals surface area contributed by atoms with Crippen molar-refractivity contribution in [3.63, 3.8) is 0 Å². The number of fused-ring (bicyclic) bond motifs is 3. The first-order chi connectivity index (χ1) is 17.6. The fourth-order valence-electron chi connectivity index (χ4n) is 2.70. The van der Waals surface area contributed by atoms with Gasteiger partial charge in [-0.15, -0.1) is 0 Å². The number of benzene rings is 1. The first kappa shape index (κ1) is 5.48. The van der Waals surface area contributed by atoms with Crippen molar-refractivity contribution in [3.05, 3.63) is 23.3 Å². The Hall–Kier alpha value is -1.55. The predicted octanol–water partition coefficient (Wildman–Crippen LogP) is 3.24. The molecule has 2 atom stereocenters. The third-order valence-electron chi connectivity index (χ3n) is 3.79. The molecule has 1 aromatic rings. The van der Waals surface area contributed by atoms with Crippen LogP contribution in [0.5, 0.6) is 11.5 Å². The lowest BCUT2D eigenvalue weighted by molar-refractivity contribution is -0.129. The van der Waals surface area contributed by atoms with Gasteiger partial charge in [0, 0.05) is 49.2 Å². The van der Waals surface area contributed by atoms with Gasteiger partial charge in [0.25, 0.3) is 0 Å². The summed E-state index contributed by atoms with van der Waals surface area (Å²) in [4.78, 5) is 13.9. The summed E-state index contributed by atoms with van der Waals surface area (Å²) in [5, 5.41) is 0.